The van der Waals surface area contributed by atoms with Crippen LogP contribution in [0.1, 0.15) is 62.8 Å². The molecule has 0 radical (unpaired) electrons. The molecular weight excluding hydrogens is 426 g/mol. The van der Waals surface area contributed by atoms with Crippen molar-refractivity contribution in [1.82, 2.24) is 15.1 Å². The number of hydrogen-bond donors (Lipinski definition) is 1. The van der Waals surface area contributed by atoms with E-state index in [2.05, 4.69) is 49.0 Å². The Morgan fingerprint density at radius 1 is 1.26 bits per heavy atom. The van der Waals surface area contributed by atoms with Crippen LogP contribution in [-0.2, 0) is 15.9 Å². The zero-order valence-electron chi connectivity index (χ0n) is 20.7. The average Bonchev–Trinajstić information content (AvgIpc) is 3.41. The Morgan fingerprint density at radius 3 is 2.76 bits per heavy atom. The number of benzene rings is 1. The molecule has 6 nitrogen and oxygen atoms in total. The fourth-order valence-electron chi connectivity index (χ4n) is 5.78. The van der Waals surface area contributed by atoms with Crippen molar-refractivity contribution in [2.75, 3.05) is 13.2 Å². The van der Waals surface area contributed by atoms with E-state index in [1.807, 2.05) is 30.1 Å². The van der Waals surface area contributed by atoms with E-state index in [1.165, 1.54) is 18.4 Å². The lowest BCUT2D eigenvalue weighted by molar-refractivity contribution is -0.0826. The highest BCUT2D eigenvalue weighted by Gasteiger charge is 2.54. The highest BCUT2D eigenvalue weighted by atomic mass is 16.5. The van der Waals surface area contributed by atoms with Crippen LogP contribution in [0, 0.1) is 12.3 Å². The normalized spacial score (nSPS) is 28.3. The van der Waals surface area contributed by atoms with E-state index in [0.717, 1.165) is 60.8 Å². The molecule has 5 rings (SSSR count). The first-order chi connectivity index (χ1) is 16.4. The third kappa shape index (κ3) is 4.74. The molecule has 1 unspecified atom stereocenters. The topological polar surface area (TPSA) is 57.5 Å². The lowest BCUT2D eigenvalue weighted by Gasteiger charge is -2.57. The number of nitrogens with zero attached hydrogens (tertiary/aromatic N) is 2. The van der Waals surface area contributed by atoms with Gasteiger partial charge in [-0.05, 0) is 63.0 Å². The Hall–Kier alpha value is -2.73. The molecule has 2 heterocycles. The second kappa shape index (κ2) is 9.49. The van der Waals surface area contributed by atoms with Gasteiger partial charge in [0.2, 0.25) is 0 Å². The van der Waals surface area contributed by atoms with Crippen molar-refractivity contribution in [2.24, 2.45) is 5.41 Å². The molecule has 2 aliphatic carbocycles. The Morgan fingerprint density at radius 2 is 2.06 bits per heavy atom. The third-order valence-electron chi connectivity index (χ3n) is 7.55. The van der Waals surface area contributed by atoms with E-state index in [0.29, 0.717) is 24.2 Å². The zero-order valence-corrected chi connectivity index (χ0v) is 20.7. The second-order valence-corrected chi connectivity index (χ2v) is 10.3. The van der Waals surface area contributed by atoms with E-state index in [1.54, 1.807) is 0 Å². The summed E-state index contributed by atoms with van der Waals surface area (Å²) in [6.07, 6.45) is 10.9. The van der Waals surface area contributed by atoms with E-state index < -0.39 is 0 Å². The van der Waals surface area contributed by atoms with Gasteiger partial charge in [0.15, 0.2) is 0 Å². The maximum absolute atomic E-state index is 6.23. The van der Waals surface area contributed by atoms with Crippen LogP contribution in [0.2, 0.25) is 0 Å². The predicted octanol–water partition coefficient (Wildman–Crippen LogP) is 5.33. The molecule has 3 aliphatic rings. The number of hydrogen-bond acceptors (Lipinski definition) is 5. The number of nitrogens with one attached hydrogen (secondary N) is 1. The van der Waals surface area contributed by atoms with E-state index in [9.17, 15) is 0 Å². The molecule has 3 fully saturated rings. The minimum atomic E-state index is 0.146. The first-order valence-electron chi connectivity index (χ1n) is 12.6. The molecular formula is C28H37N3O3. The quantitative estimate of drug-likeness (QED) is 0.510. The van der Waals surface area contributed by atoms with Crippen LogP contribution in [0.5, 0.6) is 5.75 Å². The van der Waals surface area contributed by atoms with E-state index in [-0.39, 0.29) is 6.10 Å². The maximum atomic E-state index is 6.23. The Balaban J connectivity index is 1.12. The summed E-state index contributed by atoms with van der Waals surface area (Å²) >= 11 is 0. The number of aryl methyl sites for hydroxylation is 1. The minimum absolute atomic E-state index is 0.146. The van der Waals surface area contributed by atoms with Crippen LogP contribution < -0.4 is 10.1 Å². The predicted molar refractivity (Wildman–Crippen MR) is 134 cm³/mol. The molecule has 182 valence electrons. The standard InChI is InChI=1S/C28H37N3O3/c1-5-26-25(16-29-31(26)17-20(3)33-23-10-11-32-18-23)21(4)30-22-12-28(13-22)14-24(15-28)34-27-9-7-6-8-19(27)2/h6-9,16-17,22-24,30H,4-5,10-15,18H2,1-3H3/b20-17+. The van der Waals surface area contributed by atoms with Crippen molar-refractivity contribution in [3.05, 3.63) is 59.6 Å². The van der Waals surface area contributed by atoms with Gasteiger partial charge in [0, 0.05) is 23.7 Å². The molecule has 1 saturated heterocycles. The molecule has 34 heavy (non-hydrogen) atoms. The highest BCUT2D eigenvalue weighted by molar-refractivity contribution is 5.64. The summed E-state index contributed by atoms with van der Waals surface area (Å²) in [7, 11) is 0. The molecule has 6 heteroatoms. The maximum Gasteiger partial charge on any atom is 0.124 e. The summed E-state index contributed by atoms with van der Waals surface area (Å²) in [5.74, 6) is 1.88. The Labute approximate surface area is 203 Å². The van der Waals surface area contributed by atoms with Gasteiger partial charge in [-0.1, -0.05) is 31.7 Å². The molecule has 2 aromatic rings. The molecule has 0 bridgehead atoms. The van der Waals surface area contributed by atoms with Crippen molar-refractivity contribution < 1.29 is 14.2 Å². The zero-order chi connectivity index (χ0) is 23.7. The van der Waals surface area contributed by atoms with Gasteiger partial charge in [0.1, 0.15) is 17.6 Å². The number of allylic oxidation sites excluding steroid dienone is 1. The van der Waals surface area contributed by atoms with Gasteiger partial charge in [-0.2, -0.15) is 5.10 Å². The van der Waals surface area contributed by atoms with Crippen molar-refractivity contribution in [3.63, 3.8) is 0 Å². The third-order valence-corrected chi connectivity index (χ3v) is 7.55. The van der Waals surface area contributed by atoms with E-state index >= 15 is 0 Å². The van der Waals surface area contributed by atoms with Crippen molar-refractivity contribution in [1.29, 1.82) is 0 Å². The molecule has 1 N–H and O–H groups in total. The largest absolute Gasteiger partial charge is 0.491 e. The summed E-state index contributed by atoms with van der Waals surface area (Å²) in [5.41, 5.74) is 4.86. The highest BCUT2D eigenvalue weighted by Crippen LogP contribution is 2.57. The summed E-state index contributed by atoms with van der Waals surface area (Å²) in [4.78, 5) is 0. The first-order valence-corrected chi connectivity index (χ1v) is 12.6. The van der Waals surface area contributed by atoms with Crippen molar-refractivity contribution >= 4 is 11.9 Å². The molecule has 2 saturated carbocycles. The number of ether oxygens (including phenoxy) is 3. The van der Waals surface area contributed by atoms with Gasteiger partial charge >= 0.3 is 0 Å². The summed E-state index contributed by atoms with van der Waals surface area (Å²) in [6, 6.07) is 8.77. The smallest absolute Gasteiger partial charge is 0.124 e. The molecule has 1 aromatic carbocycles. The summed E-state index contributed by atoms with van der Waals surface area (Å²) < 4.78 is 19.6. The molecule has 0 amide bonds. The molecule has 1 aromatic heterocycles. The summed E-state index contributed by atoms with van der Waals surface area (Å²) in [6.45, 7) is 12.0. The van der Waals surface area contributed by atoms with Gasteiger partial charge in [-0.3, -0.25) is 0 Å². The van der Waals surface area contributed by atoms with Gasteiger partial charge in [0.25, 0.3) is 0 Å². The lowest BCUT2D eigenvalue weighted by Crippen LogP contribution is -2.57. The first kappa shape index (κ1) is 23.0. The van der Waals surface area contributed by atoms with Gasteiger partial charge in [0.05, 0.1) is 37.4 Å². The van der Waals surface area contributed by atoms with Crippen LogP contribution in [0.4, 0.5) is 0 Å². The summed E-state index contributed by atoms with van der Waals surface area (Å²) in [5, 5.41) is 8.27. The fourth-order valence-corrected chi connectivity index (χ4v) is 5.78. The van der Waals surface area contributed by atoms with Crippen LogP contribution in [-0.4, -0.2) is 41.2 Å². The number of para-hydroxylation sites is 1. The van der Waals surface area contributed by atoms with Crippen LogP contribution in [0.3, 0.4) is 0 Å². The van der Waals surface area contributed by atoms with Gasteiger partial charge in [-0.25, -0.2) is 4.68 Å². The van der Waals surface area contributed by atoms with Crippen LogP contribution in [0.25, 0.3) is 11.9 Å². The second-order valence-electron chi connectivity index (χ2n) is 10.3. The number of rotatable bonds is 9. The fraction of sp³-hybridized carbons (Fsp3) is 0.536. The molecule has 1 atom stereocenters. The van der Waals surface area contributed by atoms with Crippen molar-refractivity contribution in [3.8, 4) is 5.75 Å². The SMILES string of the molecule is C=C(NC1CC2(C1)CC(Oc1ccccc1C)C2)c1cnn(/C=C(\C)OC2CCOC2)c1CC. The monoisotopic (exact) mass is 463 g/mol. The molecule has 1 aliphatic heterocycles. The van der Waals surface area contributed by atoms with Crippen LogP contribution in [0.15, 0.2) is 42.8 Å². The Bertz CT molecular complexity index is 1050. The van der Waals surface area contributed by atoms with Gasteiger partial charge < -0.3 is 19.5 Å². The lowest BCUT2D eigenvalue weighted by atomic mass is 9.53. The van der Waals surface area contributed by atoms with Gasteiger partial charge in [-0.15, -0.1) is 0 Å². The average molecular weight is 464 g/mol. The van der Waals surface area contributed by atoms with Crippen molar-refractivity contribution in [2.45, 2.75) is 77.5 Å². The minimum Gasteiger partial charge on any atom is -0.491 e. The molecule has 1 spiro atoms. The number of aromatic nitrogens is 2. The Kier molecular flexibility index (Phi) is 6.43. The van der Waals surface area contributed by atoms with Crippen LogP contribution >= 0.6 is 0 Å². The van der Waals surface area contributed by atoms with E-state index in [4.69, 9.17) is 14.2 Å².